The molecule has 3 rings (SSSR count). The van der Waals surface area contributed by atoms with Crippen molar-refractivity contribution in [2.75, 3.05) is 7.11 Å². The smallest absolute Gasteiger partial charge is 0.136 e. The Balaban J connectivity index is 2.09. The second-order valence-corrected chi connectivity index (χ2v) is 6.68. The van der Waals surface area contributed by atoms with Crippen LogP contribution >= 0.6 is 15.9 Å². The first kappa shape index (κ1) is 12.9. The fourth-order valence-electron chi connectivity index (χ4n) is 3.30. The first-order chi connectivity index (χ1) is 9.06. The van der Waals surface area contributed by atoms with Crippen LogP contribution in [0.1, 0.15) is 30.9 Å². The molecule has 1 fully saturated rings. The molecule has 0 aliphatic heterocycles. The van der Waals surface area contributed by atoms with Crippen LogP contribution in [0.25, 0.3) is 6.08 Å². The van der Waals surface area contributed by atoms with E-state index in [-0.39, 0.29) is 16.2 Å². The molecule has 3 heteroatoms. The Hall–Kier alpha value is -1.09. The third kappa shape index (κ3) is 1.86. The van der Waals surface area contributed by atoms with Crippen LogP contribution in [-0.4, -0.2) is 17.7 Å². The SMILES string of the molecule is COc1ccc2c(c1)C1(C=C2)CC(C)C(=O)CC1Br. The molecule has 0 heterocycles. The van der Waals surface area contributed by atoms with Gasteiger partial charge in [-0.15, -0.1) is 0 Å². The Kier molecular flexibility index (Phi) is 3.05. The summed E-state index contributed by atoms with van der Waals surface area (Å²) in [7, 11) is 1.69. The highest BCUT2D eigenvalue weighted by Crippen LogP contribution is 2.50. The molecule has 3 unspecified atom stereocenters. The molecule has 1 spiro atoms. The van der Waals surface area contributed by atoms with Gasteiger partial charge < -0.3 is 4.74 Å². The van der Waals surface area contributed by atoms with Gasteiger partial charge in [-0.2, -0.15) is 0 Å². The third-order valence-corrected chi connectivity index (χ3v) is 5.60. The van der Waals surface area contributed by atoms with Crippen molar-refractivity contribution in [2.45, 2.75) is 30.0 Å². The highest BCUT2D eigenvalue weighted by Gasteiger charge is 2.47. The molecule has 0 N–H and O–H groups in total. The molecule has 1 saturated carbocycles. The van der Waals surface area contributed by atoms with Gasteiger partial charge in [0.15, 0.2) is 0 Å². The normalized spacial score (nSPS) is 32.7. The molecule has 19 heavy (non-hydrogen) atoms. The zero-order chi connectivity index (χ0) is 13.6. The van der Waals surface area contributed by atoms with Crippen molar-refractivity contribution in [3.05, 3.63) is 35.4 Å². The quantitative estimate of drug-likeness (QED) is 0.737. The number of allylic oxidation sites excluding steroid dienone is 1. The number of rotatable bonds is 1. The van der Waals surface area contributed by atoms with Gasteiger partial charge >= 0.3 is 0 Å². The Labute approximate surface area is 122 Å². The standard InChI is InChI=1S/C16H17BrO2/c1-10-9-16(15(17)8-14(10)18)6-5-11-3-4-12(19-2)7-13(11)16/h3-7,10,15H,8-9H2,1-2H3. The van der Waals surface area contributed by atoms with Crippen LogP contribution in [0.3, 0.4) is 0 Å². The topological polar surface area (TPSA) is 26.3 Å². The van der Waals surface area contributed by atoms with E-state index in [1.54, 1.807) is 7.11 Å². The number of halogens is 1. The van der Waals surface area contributed by atoms with E-state index in [1.165, 1.54) is 11.1 Å². The van der Waals surface area contributed by atoms with E-state index in [0.29, 0.717) is 12.2 Å². The fraction of sp³-hybridized carbons (Fsp3) is 0.438. The van der Waals surface area contributed by atoms with E-state index in [2.05, 4.69) is 40.2 Å². The highest BCUT2D eigenvalue weighted by atomic mass is 79.9. The molecule has 0 amide bonds. The van der Waals surface area contributed by atoms with Crippen LogP contribution in [0.4, 0.5) is 0 Å². The lowest BCUT2D eigenvalue weighted by Gasteiger charge is -2.40. The Morgan fingerprint density at radius 2 is 2.21 bits per heavy atom. The molecule has 0 bridgehead atoms. The Morgan fingerprint density at radius 3 is 2.95 bits per heavy atom. The maximum atomic E-state index is 11.9. The second kappa shape index (κ2) is 4.48. The van der Waals surface area contributed by atoms with Gasteiger partial charge in [0, 0.05) is 22.6 Å². The van der Waals surface area contributed by atoms with E-state index in [1.807, 2.05) is 13.0 Å². The van der Waals surface area contributed by atoms with Crippen molar-refractivity contribution < 1.29 is 9.53 Å². The first-order valence-corrected chi connectivity index (χ1v) is 7.53. The summed E-state index contributed by atoms with van der Waals surface area (Å²) in [6.07, 6.45) is 5.91. The molecule has 3 atom stereocenters. The van der Waals surface area contributed by atoms with E-state index in [0.717, 1.165) is 12.2 Å². The van der Waals surface area contributed by atoms with Crippen LogP contribution in [0.5, 0.6) is 5.75 Å². The lowest BCUT2D eigenvalue weighted by molar-refractivity contribution is -0.124. The van der Waals surface area contributed by atoms with Gasteiger partial charge in [0.1, 0.15) is 11.5 Å². The number of ketones is 1. The molecular weight excluding hydrogens is 304 g/mol. The number of carbonyl (C=O) groups excluding carboxylic acids is 1. The van der Waals surface area contributed by atoms with Crippen LogP contribution in [-0.2, 0) is 10.2 Å². The van der Waals surface area contributed by atoms with E-state index in [4.69, 9.17) is 4.74 Å². The predicted octanol–water partition coefficient (Wildman–Crippen LogP) is 3.72. The summed E-state index contributed by atoms with van der Waals surface area (Å²) in [5, 5.41) is 0. The highest BCUT2D eigenvalue weighted by molar-refractivity contribution is 9.09. The van der Waals surface area contributed by atoms with Gasteiger partial charge in [0.25, 0.3) is 0 Å². The molecule has 1 aromatic carbocycles. The van der Waals surface area contributed by atoms with E-state index in [9.17, 15) is 4.79 Å². The second-order valence-electron chi connectivity index (χ2n) is 5.57. The van der Waals surface area contributed by atoms with Crippen molar-refractivity contribution in [3.63, 3.8) is 0 Å². The summed E-state index contributed by atoms with van der Waals surface area (Å²) >= 11 is 3.74. The van der Waals surface area contributed by atoms with Gasteiger partial charge in [-0.3, -0.25) is 4.79 Å². The average Bonchev–Trinajstić information content (AvgIpc) is 2.76. The summed E-state index contributed by atoms with van der Waals surface area (Å²) in [6.45, 7) is 2.04. The van der Waals surface area contributed by atoms with Gasteiger partial charge in [-0.05, 0) is 29.7 Å². The van der Waals surface area contributed by atoms with Crippen molar-refractivity contribution >= 4 is 27.8 Å². The molecular formula is C16H17BrO2. The first-order valence-electron chi connectivity index (χ1n) is 6.61. The number of carbonyl (C=O) groups is 1. The zero-order valence-electron chi connectivity index (χ0n) is 11.2. The van der Waals surface area contributed by atoms with Crippen molar-refractivity contribution in [1.29, 1.82) is 0 Å². The fourth-order valence-corrected chi connectivity index (χ4v) is 4.20. The Bertz CT molecular complexity index is 564. The number of benzene rings is 1. The van der Waals surface area contributed by atoms with Crippen LogP contribution < -0.4 is 4.74 Å². The van der Waals surface area contributed by atoms with Gasteiger partial charge in [-0.25, -0.2) is 0 Å². The molecule has 2 aliphatic rings. The van der Waals surface area contributed by atoms with E-state index < -0.39 is 0 Å². The number of hydrogen-bond acceptors (Lipinski definition) is 2. The van der Waals surface area contributed by atoms with Crippen molar-refractivity contribution in [3.8, 4) is 5.75 Å². The number of alkyl halides is 1. The van der Waals surface area contributed by atoms with Gasteiger partial charge in [0.05, 0.1) is 7.11 Å². The van der Waals surface area contributed by atoms with Crippen molar-refractivity contribution in [1.82, 2.24) is 0 Å². The summed E-state index contributed by atoms with van der Waals surface area (Å²) in [6, 6.07) is 6.20. The molecule has 0 aromatic heterocycles. The summed E-state index contributed by atoms with van der Waals surface area (Å²) in [4.78, 5) is 12.1. The largest absolute Gasteiger partial charge is 0.497 e. The molecule has 2 aliphatic carbocycles. The predicted molar refractivity (Wildman–Crippen MR) is 79.8 cm³/mol. The monoisotopic (exact) mass is 320 g/mol. The summed E-state index contributed by atoms with van der Waals surface area (Å²) < 4.78 is 5.35. The van der Waals surface area contributed by atoms with Crippen LogP contribution in [0.2, 0.25) is 0 Å². The summed E-state index contributed by atoms with van der Waals surface area (Å²) in [5.41, 5.74) is 2.47. The lowest BCUT2D eigenvalue weighted by atomic mass is 9.67. The van der Waals surface area contributed by atoms with Crippen LogP contribution in [0.15, 0.2) is 24.3 Å². The minimum atomic E-state index is -0.0583. The zero-order valence-corrected chi connectivity index (χ0v) is 12.7. The Morgan fingerprint density at radius 1 is 1.42 bits per heavy atom. The van der Waals surface area contributed by atoms with E-state index >= 15 is 0 Å². The third-order valence-electron chi connectivity index (χ3n) is 4.46. The minimum Gasteiger partial charge on any atom is -0.497 e. The number of methoxy groups -OCH3 is 1. The number of fused-ring (bicyclic) bond motifs is 2. The number of Topliss-reactive ketones (excluding diaryl/α,β-unsaturated/α-hetero) is 1. The minimum absolute atomic E-state index is 0.0583. The molecule has 1 aromatic rings. The summed E-state index contributed by atoms with van der Waals surface area (Å²) in [5.74, 6) is 1.36. The van der Waals surface area contributed by atoms with Gasteiger partial charge in [0.2, 0.25) is 0 Å². The van der Waals surface area contributed by atoms with Gasteiger partial charge in [-0.1, -0.05) is 41.1 Å². The number of ether oxygens (including phenoxy) is 1. The lowest BCUT2D eigenvalue weighted by Crippen LogP contribution is -2.42. The maximum Gasteiger partial charge on any atom is 0.136 e. The molecule has 100 valence electrons. The average molecular weight is 321 g/mol. The molecule has 0 radical (unpaired) electrons. The maximum absolute atomic E-state index is 11.9. The molecule has 2 nitrogen and oxygen atoms in total. The van der Waals surface area contributed by atoms with Crippen molar-refractivity contribution in [2.24, 2.45) is 5.92 Å². The number of hydrogen-bond donors (Lipinski definition) is 0. The van der Waals surface area contributed by atoms with Crippen LogP contribution in [0, 0.1) is 5.92 Å². The molecule has 0 saturated heterocycles.